The fourth-order valence-electron chi connectivity index (χ4n) is 4.76. The first-order chi connectivity index (χ1) is 18.0. The molecule has 0 atom stereocenters. The zero-order valence-corrected chi connectivity index (χ0v) is 21.7. The number of nitrogens with two attached hydrogens (primary N) is 1. The molecule has 4 aromatic rings. The van der Waals surface area contributed by atoms with Crippen molar-refractivity contribution in [2.45, 2.75) is 33.7 Å². The first kappa shape index (κ1) is 24.4. The van der Waals surface area contributed by atoms with Gasteiger partial charge in [0, 0.05) is 41.3 Å². The summed E-state index contributed by atoms with van der Waals surface area (Å²) in [4.78, 5) is 18.8. The third-order valence-electron chi connectivity index (χ3n) is 6.71. The zero-order valence-electron chi connectivity index (χ0n) is 21.7. The third kappa shape index (κ3) is 4.87. The quantitative estimate of drug-likeness (QED) is 0.319. The van der Waals surface area contributed by atoms with Gasteiger partial charge >= 0.3 is 0 Å². The minimum absolute atomic E-state index is 0.362. The van der Waals surface area contributed by atoms with Gasteiger partial charge in [-0.1, -0.05) is 13.0 Å². The fraction of sp³-hybridized carbons (Fsp3) is 0.276. The number of allylic oxidation sites excluding steroid dienone is 1. The van der Waals surface area contributed by atoms with Crippen LogP contribution in [0.4, 0.5) is 11.6 Å². The number of nitrogens with zero attached hydrogens (tertiary/aromatic N) is 4. The number of benzene rings is 2. The van der Waals surface area contributed by atoms with E-state index in [4.69, 9.17) is 15.2 Å². The Morgan fingerprint density at radius 1 is 1.22 bits per heavy atom. The van der Waals surface area contributed by atoms with Crippen LogP contribution in [0.1, 0.15) is 38.3 Å². The topological polar surface area (TPSA) is 102 Å². The van der Waals surface area contributed by atoms with E-state index in [0.717, 1.165) is 57.9 Å². The van der Waals surface area contributed by atoms with Gasteiger partial charge in [-0.15, -0.1) is 0 Å². The number of anilines is 1. The number of ether oxygens (including phenoxy) is 2. The molecule has 8 nitrogen and oxygen atoms in total. The fourth-order valence-corrected chi connectivity index (χ4v) is 4.76. The second kappa shape index (κ2) is 10.3. The molecule has 37 heavy (non-hydrogen) atoms. The summed E-state index contributed by atoms with van der Waals surface area (Å²) >= 11 is 0. The molecule has 0 saturated carbocycles. The predicted molar refractivity (Wildman–Crippen MR) is 149 cm³/mol. The highest BCUT2D eigenvalue weighted by molar-refractivity contribution is 5.81. The Bertz CT molecular complexity index is 1500. The minimum Gasteiger partial charge on any atom is -0.497 e. The number of nitrogen functional groups attached to an aromatic ring is 1. The molecule has 0 unspecified atom stereocenters. The summed E-state index contributed by atoms with van der Waals surface area (Å²) in [5, 5.41) is 0. The predicted octanol–water partition coefficient (Wildman–Crippen LogP) is 5.97. The number of aromatic amines is 1. The van der Waals surface area contributed by atoms with Gasteiger partial charge < -0.3 is 25.1 Å². The molecule has 1 aliphatic heterocycles. The number of methoxy groups -OCH3 is 1. The number of imidazole rings is 1. The smallest absolute Gasteiger partial charge is 0.200 e. The van der Waals surface area contributed by atoms with E-state index in [2.05, 4.69) is 56.9 Å². The molecule has 1 aliphatic rings. The first-order valence-corrected chi connectivity index (χ1v) is 12.5. The molecule has 5 rings (SSSR count). The van der Waals surface area contributed by atoms with Gasteiger partial charge in [0.15, 0.2) is 11.6 Å². The number of H-pyrrole nitrogens is 1. The number of rotatable bonds is 6. The Labute approximate surface area is 216 Å². The van der Waals surface area contributed by atoms with Crippen LogP contribution in [0.15, 0.2) is 59.2 Å². The Hall–Kier alpha value is -4.33. The van der Waals surface area contributed by atoms with E-state index in [1.54, 1.807) is 7.11 Å². The van der Waals surface area contributed by atoms with Crippen LogP contribution in [0.5, 0.6) is 11.5 Å². The van der Waals surface area contributed by atoms with Crippen LogP contribution in [-0.2, 0) is 6.54 Å². The van der Waals surface area contributed by atoms with E-state index < -0.39 is 0 Å². The van der Waals surface area contributed by atoms with Gasteiger partial charge in [-0.3, -0.25) is 4.99 Å². The number of fused-ring (bicyclic) bond motifs is 2. The Morgan fingerprint density at radius 3 is 2.86 bits per heavy atom. The molecule has 0 fully saturated rings. The number of hydrogen-bond donors (Lipinski definition) is 2. The Balaban J connectivity index is 1.56. The molecule has 190 valence electrons. The van der Waals surface area contributed by atoms with Crippen LogP contribution in [0.2, 0.25) is 0 Å². The summed E-state index contributed by atoms with van der Waals surface area (Å²) < 4.78 is 11.8. The van der Waals surface area contributed by atoms with Crippen molar-refractivity contribution in [2.24, 2.45) is 4.99 Å². The molecular formula is C29H32N6O2. The van der Waals surface area contributed by atoms with Crippen molar-refractivity contribution in [1.29, 1.82) is 0 Å². The van der Waals surface area contributed by atoms with Crippen LogP contribution >= 0.6 is 0 Å². The van der Waals surface area contributed by atoms with Crippen molar-refractivity contribution in [3.05, 3.63) is 65.4 Å². The highest BCUT2D eigenvalue weighted by Crippen LogP contribution is 2.38. The van der Waals surface area contributed by atoms with Gasteiger partial charge in [0.2, 0.25) is 0 Å². The minimum atomic E-state index is 0.362. The maximum absolute atomic E-state index is 6.20. The number of pyridine rings is 1. The van der Waals surface area contributed by atoms with E-state index in [-0.39, 0.29) is 0 Å². The Morgan fingerprint density at radius 2 is 2.08 bits per heavy atom. The van der Waals surface area contributed by atoms with Gasteiger partial charge in [-0.25, -0.2) is 4.98 Å². The SMILES string of the molecule is CC=Nc1ccc(OC)cc1C(=C(C)CC)N1CCOc2ccc(-c3cnc4nc(N)[nH]c4c3)cc2C1. The van der Waals surface area contributed by atoms with E-state index in [1.165, 1.54) is 11.3 Å². The second-order valence-electron chi connectivity index (χ2n) is 9.06. The van der Waals surface area contributed by atoms with Crippen molar-refractivity contribution in [3.8, 4) is 22.6 Å². The summed E-state index contributed by atoms with van der Waals surface area (Å²) in [7, 11) is 1.69. The number of aliphatic imine (C=N–C) groups is 1. The molecule has 3 N–H and O–H groups in total. The molecule has 0 bridgehead atoms. The van der Waals surface area contributed by atoms with Gasteiger partial charge in [0.1, 0.15) is 18.1 Å². The van der Waals surface area contributed by atoms with Crippen molar-refractivity contribution in [2.75, 3.05) is 26.0 Å². The molecule has 0 amide bonds. The van der Waals surface area contributed by atoms with Crippen LogP contribution < -0.4 is 15.2 Å². The van der Waals surface area contributed by atoms with Crippen molar-refractivity contribution in [1.82, 2.24) is 19.9 Å². The summed E-state index contributed by atoms with van der Waals surface area (Å²) in [6, 6.07) is 14.4. The number of hydrogen-bond acceptors (Lipinski definition) is 7. The maximum atomic E-state index is 6.20. The summed E-state index contributed by atoms with van der Waals surface area (Å²) in [5.41, 5.74) is 14.8. The molecule has 0 radical (unpaired) electrons. The van der Waals surface area contributed by atoms with Crippen LogP contribution in [0.3, 0.4) is 0 Å². The molecule has 0 spiro atoms. The van der Waals surface area contributed by atoms with Crippen LogP contribution in [-0.4, -0.2) is 46.3 Å². The maximum Gasteiger partial charge on any atom is 0.200 e. The monoisotopic (exact) mass is 496 g/mol. The summed E-state index contributed by atoms with van der Waals surface area (Å²) in [5.74, 6) is 2.07. The molecule has 8 heteroatoms. The van der Waals surface area contributed by atoms with Gasteiger partial charge in [0.25, 0.3) is 0 Å². The lowest BCUT2D eigenvalue weighted by Gasteiger charge is -2.29. The number of aromatic nitrogens is 3. The normalized spacial score (nSPS) is 14.3. The van der Waals surface area contributed by atoms with Gasteiger partial charge in [-0.05, 0) is 67.8 Å². The van der Waals surface area contributed by atoms with Crippen molar-refractivity contribution >= 4 is 34.7 Å². The van der Waals surface area contributed by atoms with Crippen LogP contribution in [0, 0.1) is 0 Å². The van der Waals surface area contributed by atoms with E-state index in [1.807, 2.05) is 43.6 Å². The van der Waals surface area contributed by atoms with E-state index >= 15 is 0 Å². The largest absolute Gasteiger partial charge is 0.497 e. The lowest BCUT2D eigenvalue weighted by atomic mass is 10.00. The molecule has 3 heterocycles. The first-order valence-electron chi connectivity index (χ1n) is 12.5. The summed E-state index contributed by atoms with van der Waals surface area (Å²) in [6.45, 7) is 8.35. The average molecular weight is 497 g/mol. The van der Waals surface area contributed by atoms with E-state index in [0.29, 0.717) is 24.7 Å². The lowest BCUT2D eigenvalue weighted by molar-refractivity contribution is 0.282. The Kier molecular flexibility index (Phi) is 6.81. The average Bonchev–Trinajstić information content (AvgIpc) is 3.16. The highest BCUT2D eigenvalue weighted by Gasteiger charge is 2.23. The van der Waals surface area contributed by atoms with Crippen molar-refractivity contribution < 1.29 is 9.47 Å². The summed E-state index contributed by atoms with van der Waals surface area (Å²) in [6.07, 6.45) is 4.58. The lowest BCUT2D eigenvalue weighted by Crippen LogP contribution is -2.25. The van der Waals surface area contributed by atoms with E-state index in [9.17, 15) is 0 Å². The molecule has 2 aromatic carbocycles. The standard InChI is InChI=1S/C29H32N6O2/c1-5-18(3)27(23-15-22(36-4)8-9-24(23)31-6-2)35-11-12-37-26-10-7-19(13-21(26)17-35)20-14-25-28(32-16-20)34-29(30)33-25/h6-10,13-16H,5,11-12,17H2,1-4H3,(H3,30,32,33,34). The highest BCUT2D eigenvalue weighted by atomic mass is 16.5. The molecule has 0 saturated heterocycles. The third-order valence-corrected chi connectivity index (χ3v) is 6.71. The zero-order chi connectivity index (χ0) is 25.9. The van der Waals surface area contributed by atoms with Gasteiger partial charge in [-0.2, -0.15) is 4.98 Å². The van der Waals surface area contributed by atoms with Crippen LogP contribution in [0.25, 0.3) is 28.0 Å². The second-order valence-corrected chi connectivity index (χ2v) is 9.06. The molecular weight excluding hydrogens is 464 g/mol. The molecule has 0 aliphatic carbocycles. The van der Waals surface area contributed by atoms with Crippen molar-refractivity contribution in [3.63, 3.8) is 0 Å². The number of nitrogens with one attached hydrogen (secondary N) is 1. The molecule has 2 aromatic heterocycles. The van der Waals surface area contributed by atoms with Gasteiger partial charge in [0.05, 0.1) is 24.9 Å².